The molecule has 0 atom stereocenters. The maximum atomic E-state index is 12.1. The van der Waals surface area contributed by atoms with E-state index in [2.05, 4.69) is 15.0 Å². The van der Waals surface area contributed by atoms with Gasteiger partial charge < -0.3 is 10.1 Å². The van der Waals surface area contributed by atoms with Gasteiger partial charge in [-0.3, -0.25) is 14.1 Å². The Balaban J connectivity index is 2.00. The third-order valence-electron chi connectivity index (χ3n) is 3.73. The van der Waals surface area contributed by atoms with Crippen LogP contribution in [0.1, 0.15) is 22.3 Å². The van der Waals surface area contributed by atoms with Crippen molar-refractivity contribution in [2.45, 2.75) is 13.0 Å². The Morgan fingerprint density at radius 1 is 1.19 bits per heavy atom. The van der Waals surface area contributed by atoms with E-state index in [0.717, 1.165) is 16.1 Å². The Hall–Kier alpha value is -2.94. The van der Waals surface area contributed by atoms with E-state index in [4.69, 9.17) is 0 Å². The molecular weight excluding hydrogens is 370 g/mol. The van der Waals surface area contributed by atoms with Crippen molar-refractivity contribution in [3.63, 3.8) is 0 Å². The van der Waals surface area contributed by atoms with Crippen LogP contribution in [0.4, 0.5) is 5.69 Å². The van der Waals surface area contributed by atoms with Gasteiger partial charge in [-0.05, 0) is 35.9 Å². The number of benzene rings is 1. The van der Waals surface area contributed by atoms with Crippen LogP contribution < -0.4 is 9.62 Å². The summed E-state index contributed by atoms with van der Waals surface area (Å²) < 4.78 is 29.9. The van der Waals surface area contributed by atoms with Crippen molar-refractivity contribution < 1.29 is 22.7 Å². The minimum atomic E-state index is -3.59. The number of hydrogen-bond donors (Lipinski definition) is 1. The number of nitrogens with zero attached hydrogens (tertiary/aromatic N) is 2. The topological polar surface area (TPSA) is 106 Å². The van der Waals surface area contributed by atoms with Crippen LogP contribution in [-0.4, -0.2) is 45.2 Å². The molecule has 8 nitrogen and oxygen atoms in total. The summed E-state index contributed by atoms with van der Waals surface area (Å²) in [6.45, 7) is 0.300. The second-order valence-electron chi connectivity index (χ2n) is 5.76. The van der Waals surface area contributed by atoms with E-state index < -0.39 is 16.0 Å². The number of aromatic nitrogens is 1. The molecule has 0 radical (unpaired) electrons. The van der Waals surface area contributed by atoms with Gasteiger partial charge in [-0.25, -0.2) is 13.2 Å². The van der Waals surface area contributed by atoms with Gasteiger partial charge in [0.1, 0.15) is 0 Å². The molecule has 0 unspecified atom stereocenters. The first-order valence-corrected chi connectivity index (χ1v) is 9.98. The third-order valence-corrected chi connectivity index (χ3v) is 4.93. The van der Waals surface area contributed by atoms with Crippen LogP contribution in [0.25, 0.3) is 0 Å². The molecule has 9 heteroatoms. The Morgan fingerprint density at radius 3 is 2.44 bits per heavy atom. The number of pyridine rings is 1. The molecule has 0 bridgehead atoms. The maximum absolute atomic E-state index is 12.1. The van der Waals surface area contributed by atoms with Gasteiger partial charge in [0.05, 0.1) is 24.6 Å². The number of amides is 1. The first-order chi connectivity index (χ1) is 12.8. The number of rotatable bonds is 8. The lowest BCUT2D eigenvalue weighted by atomic mass is 10.2. The van der Waals surface area contributed by atoms with Gasteiger partial charge in [-0.2, -0.15) is 0 Å². The summed E-state index contributed by atoms with van der Waals surface area (Å²) in [5.41, 5.74) is 1.53. The molecule has 0 spiro atoms. The molecule has 1 N–H and O–H groups in total. The van der Waals surface area contributed by atoms with Gasteiger partial charge in [0.15, 0.2) is 0 Å². The van der Waals surface area contributed by atoms with Crippen LogP contribution in [-0.2, 0) is 26.1 Å². The fourth-order valence-corrected chi connectivity index (χ4v) is 3.29. The second-order valence-corrected chi connectivity index (χ2v) is 7.67. The predicted molar refractivity (Wildman–Crippen MR) is 101 cm³/mol. The summed E-state index contributed by atoms with van der Waals surface area (Å²) in [7, 11) is -2.33. The largest absolute Gasteiger partial charge is 0.465 e. The molecule has 1 aromatic heterocycles. The van der Waals surface area contributed by atoms with E-state index in [9.17, 15) is 18.0 Å². The van der Waals surface area contributed by atoms with Crippen molar-refractivity contribution in [3.05, 3.63) is 59.9 Å². The lowest BCUT2D eigenvalue weighted by Crippen LogP contribution is -2.34. The second kappa shape index (κ2) is 9.13. The molecule has 1 aromatic carbocycles. The van der Waals surface area contributed by atoms with Crippen molar-refractivity contribution in [2.75, 3.05) is 24.2 Å². The summed E-state index contributed by atoms with van der Waals surface area (Å²) in [6, 6.07) is 9.55. The molecule has 0 fully saturated rings. The number of hydrogen-bond acceptors (Lipinski definition) is 6. The fourth-order valence-electron chi connectivity index (χ4n) is 2.36. The van der Waals surface area contributed by atoms with E-state index in [-0.39, 0.29) is 18.9 Å². The molecule has 0 saturated heterocycles. The molecule has 2 rings (SSSR count). The quantitative estimate of drug-likeness (QED) is 0.681. The van der Waals surface area contributed by atoms with Gasteiger partial charge in [-0.1, -0.05) is 6.07 Å². The lowest BCUT2D eigenvalue weighted by molar-refractivity contribution is -0.121. The van der Waals surface area contributed by atoms with E-state index in [1.54, 1.807) is 18.5 Å². The van der Waals surface area contributed by atoms with Crippen molar-refractivity contribution in [1.82, 2.24) is 10.3 Å². The summed E-state index contributed by atoms with van der Waals surface area (Å²) >= 11 is 0. The van der Waals surface area contributed by atoms with Crippen LogP contribution in [0, 0.1) is 0 Å². The summed E-state index contributed by atoms with van der Waals surface area (Å²) in [6.07, 6.45) is 4.34. The number of nitrogens with one attached hydrogen (secondary N) is 1. The van der Waals surface area contributed by atoms with Crippen molar-refractivity contribution >= 4 is 27.6 Å². The van der Waals surface area contributed by atoms with Gasteiger partial charge in [0.2, 0.25) is 15.9 Å². The number of anilines is 1. The summed E-state index contributed by atoms with van der Waals surface area (Å²) in [5, 5.41) is 2.73. The number of carbonyl (C=O) groups is 2. The highest BCUT2D eigenvalue weighted by Gasteiger charge is 2.19. The smallest absolute Gasteiger partial charge is 0.337 e. The van der Waals surface area contributed by atoms with Gasteiger partial charge in [0.25, 0.3) is 0 Å². The predicted octanol–water partition coefficient (Wildman–Crippen LogP) is 1.34. The molecular formula is C18H21N3O5S. The average Bonchev–Trinajstić information content (AvgIpc) is 2.66. The Morgan fingerprint density at radius 2 is 1.89 bits per heavy atom. The van der Waals surface area contributed by atoms with E-state index in [0.29, 0.717) is 17.8 Å². The Labute approximate surface area is 158 Å². The van der Waals surface area contributed by atoms with Crippen LogP contribution in [0.3, 0.4) is 0 Å². The monoisotopic (exact) mass is 391 g/mol. The lowest BCUT2D eigenvalue weighted by Gasteiger charge is -2.22. The highest BCUT2D eigenvalue weighted by atomic mass is 32.2. The number of carbonyl (C=O) groups excluding carboxylic acids is 2. The normalized spacial score (nSPS) is 10.9. The van der Waals surface area contributed by atoms with Crippen LogP contribution in [0.5, 0.6) is 0 Å². The van der Waals surface area contributed by atoms with Gasteiger partial charge >= 0.3 is 5.97 Å². The van der Waals surface area contributed by atoms with E-state index in [1.165, 1.54) is 31.4 Å². The number of methoxy groups -OCH3 is 1. The first kappa shape index (κ1) is 20.4. The molecule has 144 valence electrons. The molecule has 2 aromatic rings. The SMILES string of the molecule is COC(=O)c1ccc(N(CCC(=O)NCc2cccnc2)S(C)(=O)=O)cc1. The van der Waals surface area contributed by atoms with Gasteiger partial charge in [0, 0.05) is 31.9 Å². The van der Waals surface area contributed by atoms with Crippen LogP contribution in [0.2, 0.25) is 0 Å². The standard InChI is InChI=1S/C18H21N3O5S/c1-26-18(23)15-5-7-16(8-6-15)21(27(2,24)25)11-9-17(22)20-13-14-4-3-10-19-12-14/h3-8,10,12H,9,11,13H2,1-2H3,(H,20,22). The fraction of sp³-hybridized carbons (Fsp3) is 0.278. The number of esters is 1. The Bertz CT molecular complexity index is 883. The number of sulfonamides is 1. The van der Waals surface area contributed by atoms with E-state index >= 15 is 0 Å². The van der Waals surface area contributed by atoms with Crippen LogP contribution >= 0.6 is 0 Å². The average molecular weight is 391 g/mol. The van der Waals surface area contributed by atoms with Crippen molar-refractivity contribution in [3.8, 4) is 0 Å². The van der Waals surface area contributed by atoms with Crippen LogP contribution in [0.15, 0.2) is 48.8 Å². The summed E-state index contributed by atoms with van der Waals surface area (Å²) in [5.74, 6) is -0.791. The zero-order valence-corrected chi connectivity index (χ0v) is 15.9. The Kier molecular flexibility index (Phi) is 6.89. The minimum Gasteiger partial charge on any atom is -0.465 e. The molecule has 0 aliphatic carbocycles. The molecule has 0 saturated carbocycles. The van der Waals surface area contributed by atoms with Crippen molar-refractivity contribution in [2.24, 2.45) is 0 Å². The first-order valence-electron chi connectivity index (χ1n) is 8.13. The number of ether oxygens (including phenoxy) is 1. The van der Waals surface area contributed by atoms with E-state index in [1.807, 2.05) is 6.07 Å². The summed E-state index contributed by atoms with van der Waals surface area (Å²) in [4.78, 5) is 27.5. The minimum absolute atomic E-state index is 0.00785. The highest BCUT2D eigenvalue weighted by molar-refractivity contribution is 7.92. The molecule has 1 amide bonds. The zero-order chi connectivity index (χ0) is 19.9. The molecule has 1 heterocycles. The van der Waals surface area contributed by atoms with Crippen molar-refractivity contribution in [1.29, 1.82) is 0 Å². The maximum Gasteiger partial charge on any atom is 0.337 e. The zero-order valence-electron chi connectivity index (χ0n) is 15.1. The molecule has 27 heavy (non-hydrogen) atoms. The molecule has 0 aliphatic rings. The van der Waals surface area contributed by atoms with Gasteiger partial charge in [-0.15, -0.1) is 0 Å². The molecule has 0 aliphatic heterocycles. The third kappa shape index (κ3) is 6.07. The highest BCUT2D eigenvalue weighted by Crippen LogP contribution is 2.19.